The summed E-state index contributed by atoms with van der Waals surface area (Å²) in [6, 6.07) is 10.2. The fourth-order valence-electron chi connectivity index (χ4n) is 4.39. The first-order valence-electron chi connectivity index (χ1n) is 8.14. The second-order valence-corrected chi connectivity index (χ2v) is 7.12. The van der Waals surface area contributed by atoms with Crippen molar-refractivity contribution in [3.63, 3.8) is 0 Å². The molecule has 2 heterocycles. The van der Waals surface area contributed by atoms with Crippen LogP contribution in [0.5, 0.6) is 0 Å². The molecule has 4 nitrogen and oxygen atoms in total. The Morgan fingerprint density at radius 2 is 2.18 bits per heavy atom. The van der Waals surface area contributed by atoms with Crippen LogP contribution in [0.4, 0.5) is 0 Å². The number of aliphatic hydroxyl groups is 1. The van der Waals surface area contributed by atoms with Gasteiger partial charge in [0.1, 0.15) is 5.69 Å². The van der Waals surface area contributed by atoms with Crippen LogP contribution in [-0.4, -0.2) is 39.6 Å². The Kier molecular flexibility index (Phi) is 3.05. The quantitative estimate of drug-likeness (QED) is 0.850. The lowest BCUT2D eigenvalue weighted by Gasteiger charge is -2.41. The molecule has 22 heavy (non-hydrogen) atoms. The minimum atomic E-state index is -0.204. The summed E-state index contributed by atoms with van der Waals surface area (Å²) in [4.78, 5) is 18.2. The molecule has 0 spiro atoms. The summed E-state index contributed by atoms with van der Waals surface area (Å²) >= 11 is 0. The van der Waals surface area contributed by atoms with Crippen molar-refractivity contribution in [1.29, 1.82) is 0 Å². The van der Waals surface area contributed by atoms with Crippen LogP contribution in [0.25, 0.3) is 10.9 Å². The maximum atomic E-state index is 12.9. The van der Waals surface area contributed by atoms with E-state index in [-0.39, 0.29) is 23.5 Å². The molecule has 2 aromatic rings. The highest BCUT2D eigenvalue weighted by molar-refractivity contribution is 5.98. The molecule has 3 atom stereocenters. The van der Waals surface area contributed by atoms with Crippen LogP contribution in [0.15, 0.2) is 30.3 Å². The Labute approximate surface area is 130 Å². The lowest BCUT2D eigenvalue weighted by Crippen LogP contribution is -2.46. The standard InChI is InChI=1S/C18H22N2O2/c1-18-8-9-20(16(18)7-6-13(21)11-18)17(22)15-10-12-4-2-3-5-14(12)19-15/h2-5,10,13,16,19,21H,6-9,11H2,1H3/t13-,16-,18+/m1/s1. The maximum absolute atomic E-state index is 12.9. The third kappa shape index (κ3) is 2.05. The molecule has 1 saturated heterocycles. The fourth-order valence-corrected chi connectivity index (χ4v) is 4.39. The van der Waals surface area contributed by atoms with E-state index in [0.29, 0.717) is 5.69 Å². The number of amides is 1. The number of hydrogen-bond donors (Lipinski definition) is 2. The van der Waals surface area contributed by atoms with Crippen molar-refractivity contribution < 1.29 is 9.90 Å². The predicted molar refractivity (Wildman–Crippen MR) is 85.7 cm³/mol. The summed E-state index contributed by atoms with van der Waals surface area (Å²) in [6.45, 7) is 3.01. The molecule has 4 rings (SSSR count). The van der Waals surface area contributed by atoms with E-state index in [2.05, 4.69) is 11.9 Å². The Balaban J connectivity index is 1.63. The first-order valence-corrected chi connectivity index (χ1v) is 8.14. The fraction of sp³-hybridized carbons (Fsp3) is 0.500. The predicted octanol–water partition coefficient (Wildman–Crippen LogP) is 2.93. The number of aromatic amines is 1. The first kappa shape index (κ1) is 13.8. The number of carbonyl (C=O) groups is 1. The van der Waals surface area contributed by atoms with Gasteiger partial charge in [-0.05, 0) is 43.2 Å². The zero-order valence-corrected chi connectivity index (χ0v) is 12.9. The molecule has 0 unspecified atom stereocenters. The van der Waals surface area contributed by atoms with Crippen LogP contribution < -0.4 is 0 Å². The average molecular weight is 298 g/mol. The van der Waals surface area contributed by atoms with Crippen molar-refractivity contribution in [3.05, 3.63) is 36.0 Å². The topological polar surface area (TPSA) is 56.3 Å². The van der Waals surface area contributed by atoms with Gasteiger partial charge in [-0.1, -0.05) is 25.1 Å². The van der Waals surface area contributed by atoms with Gasteiger partial charge in [-0.3, -0.25) is 4.79 Å². The summed E-state index contributed by atoms with van der Waals surface area (Å²) in [5, 5.41) is 11.0. The van der Waals surface area contributed by atoms with Crippen LogP contribution >= 0.6 is 0 Å². The summed E-state index contributed by atoms with van der Waals surface area (Å²) in [5.41, 5.74) is 1.75. The molecule has 1 aromatic heterocycles. The molecular weight excluding hydrogens is 276 g/mol. The molecule has 2 N–H and O–H groups in total. The second-order valence-electron chi connectivity index (χ2n) is 7.12. The van der Waals surface area contributed by atoms with E-state index >= 15 is 0 Å². The number of aliphatic hydroxyl groups excluding tert-OH is 1. The summed E-state index contributed by atoms with van der Waals surface area (Å²) < 4.78 is 0. The number of carbonyl (C=O) groups excluding carboxylic acids is 1. The monoisotopic (exact) mass is 298 g/mol. The van der Waals surface area contributed by atoms with Crippen molar-refractivity contribution in [2.24, 2.45) is 5.41 Å². The number of nitrogens with one attached hydrogen (secondary N) is 1. The van der Waals surface area contributed by atoms with Gasteiger partial charge in [0.15, 0.2) is 0 Å². The van der Waals surface area contributed by atoms with E-state index in [1.165, 1.54) is 0 Å². The van der Waals surface area contributed by atoms with Gasteiger partial charge in [0.25, 0.3) is 5.91 Å². The maximum Gasteiger partial charge on any atom is 0.270 e. The minimum absolute atomic E-state index is 0.0688. The molecule has 116 valence electrons. The number of nitrogens with zero attached hydrogens (tertiary/aromatic N) is 1. The third-order valence-corrected chi connectivity index (χ3v) is 5.60. The Morgan fingerprint density at radius 3 is 3.00 bits per heavy atom. The molecule has 4 heteroatoms. The minimum Gasteiger partial charge on any atom is -0.393 e. The molecule has 2 aliphatic rings. The highest BCUT2D eigenvalue weighted by Gasteiger charge is 2.49. The van der Waals surface area contributed by atoms with E-state index in [1.54, 1.807) is 0 Å². The number of H-pyrrole nitrogens is 1. The molecular formula is C18H22N2O2. The molecule has 1 aliphatic heterocycles. The van der Waals surface area contributed by atoms with Gasteiger partial charge in [-0.15, -0.1) is 0 Å². The van der Waals surface area contributed by atoms with Gasteiger partial charge in [-0.2, -0.15) is 0 Å². The molecule has 0 bridgehead atoms. The van der Waals surface area contributed by atoms with E-state index in [1.807, 2.05) is 35.2 Å². The van der Waals surface area contributed by atoms with Gasteiger partial charge < -0.3 is 15.0 Å². The van der Waals surface area contributed by atoms with Crippen LogP contribution in [0.1, 0.15) is 43.1 Å². The number of benzene rings is 1. The Hall–Kier alpha value is -1.81. The van der Waals surface area contributed by atoms with Crippen LogP contribution in [0.3, 0.4) is 0 Å². The van der Waals surface area contributed by atoms with Crippen molar-refractivity contribution >= 4 is 16.8 Å². The number of aromatic nitrogens is 1. The highest BCUT2D eigenvalue weighted by Crippen LogP contribution is 2.47. The molecule has 1 amide bonds. The second kappa shape index (κ2) is 4.85. The number of rotatable bonds is 1. The van der Waals surface area contributed by atoms with Gasteiger partial charge in [0, 0.05) is 23.5 Å². The van der Waals surface area contributed by atoms with Gasteiger partial charge in [0.2, 0.25) is 0 Å². The smallest absolute Gasteiger partial charge is 0.270 e. The van der Waals surface area contributed by atoms with Crippen LogP contribution in [0.2, 0.25) is 0 Å². The van der Waals surface area contributed by atoms with Crippen molar-refractivity contribution in [1.82, 2.24) is 9.88 Å². The normalized spacial score (nSPS) is 31.5. The van der Waals surface area contributed by atoms with Gasteiger partial charge in [0.05, 0.1) is 6.10 Å². The van der Waals surface area contributed by atoms with E-state index in [9.17, 15) is 9.90 Å². The lowest BCUT2D eigenvalue weighted by molar-refractivity contribution is 0.0209. The first-order chi connectivity index (χ1) is 10.6. The zero-order valence-electron chi connectivity index (χ0n) is 12.9. The number of hydrogen-bond acceptors (Lipinski definition) is 2. The van der Waals surface area contributed by atoms with E-state index in [0.717, 1.165) is 43.1 Å². The van der Waals surface area contributed by atoms with E-state index < -0.39 is 0 Å². The highest BCUT2D eigenvalue weighted by atomic mass is 16.3. The summed E-state index contributed by atoms with van der Waals surface area (Å²) in [7, 11) is 0. The summed E-state index contributed by atoms with van der Waals surface area (Å²) in [5.74, 6) is 0.0984. The molecule has 1 aliphatic carbocycles. The number of fused-ring (bicyclic) bond motifs is 2. The van der Waals surface area contributed by atoms with Gasteiger partial charge in [-0.25, -0.2) is 0 Å². The largest absolute Gasteiger partial charge is 0.393 e. The van der Waals surface area contributed by atoms with Crippen molar-refractivity contribution in [2.75, 3.05) is 6.54 Å². The Bertz CT molecular complexity index is 690. The van der Waals surface area contributed by atoms with Crippen molar-refractivity contribution in [2.45, 2.75) is 44.8 Å². The molecule has 1 aromatic carbocycles. The lowest BCUT2D eigenvalue weighted by atomic mass is 9.71. The van der Waals surface area contributed by atoms with E-state index in [4.69, 9.17) is 0 Å². The SMILES string of the molecule is C[C@@]12CCN(C(=O)c3cc4ccccc4[nH]3)[C@@H]1CC[C@@H](O)C2. The average Bonchev–Trinajstić information content (AvgIpc) is 3.06. The number of para-hydroxylation sites is 1. The van der Waals surface area contributed by atoms with Crippen molar-refractivity contribution in [3.8, 4) is 0 Å². The molecule has 0 radical (unpaired) electrons. The molecule has 1 saturated carbocycles. The van der Waals surface area contributed by atoms with Gasteiger partial charge >= 0.3 is 0 Å². The van der Waals surface area contributed by atoms with Crippen LogP contribution in [0, 0.1) is 5.41 Å². The Morgan fingerprint density at radius 1 is 1.36 bits per heavy atom. The van der Waals surface area contributed by atoms with Crippen LogP contribution in [-0.2, 0) is 0 Å². The zero-order chi connectivity index (χ0) is 15.3. The summed E-state index contributed by atoms with van der Waals surface area (Å²) in [6.07, 6.45) is 3.30. The third-order valence-electron chi connectivity index (χ3n) is 5.60. The molecule has 2 fully saturated rings. The number of likely N-dealkylation sites (tertiary alicyclic amines) is 1.